The molecule has 3 aromatic heterocycles. The Labute approximate surface area is 186 Å². The summed E-state index contributed by atoms with van der Waals surface area (Å²) in [7, 11) is 5.20. The third-order valence-electron chi connectivity index (χ3n) is 5.62. The zero-order valence-electron chi connectivity index (χ0n) is 18.4. The molecule has 1 aromatic carbocycles. The van der Waals surface area contributed by atoms with Gasteiger partial charge in [-0.1, -0.05) is 0 Å². The van der Waals surface area contributed by atoms with Gasteiger partial charge in [0.15, 0.2) is 31.1 Å². The predicted octanol–water partition coefficient (Wildman–Crippen LogP) is 2.05. The molecule has 0 fully saturated rings. The molecule has 5 rings (SSSR count). The lowest BCUT2D eigenvalue weighted by molar-refractivity contribution is 0.0277. The molecule has 4 heterocycles. The lowest BCUT2D eigenvalue weighted by atomic mass is 10.0. The van der Waals surface area contributed by atoms with Crippen molar-refractivity contribution in [2.45, 2.75) is 25.7 Å². The molecular weight excluding hydrogens is 407 g/mol. The number of hydrogen-bond acceptors (Lipinski definition) is 7. The van der Waals surface area contributed by atoms with E-state index < -0.39 is 0 Å². The van der Waals surface area contributed by atoms with Crippen LogP contribution < -0.4 is 24.7 Å². The van der Waals surface area contributed by atoms with Gasteiger partial charge >= 0.3 is 0 Å². The van der Waals surface area contributed by atoms with E-state index in [1.807, 2.05) is 51.2 Å². The molecule has 8 nitrogen and oxygen atoms in total. The number of hydrogen-bond donors (Lipinski definition) is 0. The van der Waals surface area contributed by atoms with Gasteiger partial charge in [-0.05, 0) is 42.8 Å². The summed E-state index contributed by atoms with van der Waals surface area (Å²) in [6, 6.07) is 11.6. The summed E-state index contributed by atoms with van der Waals surface area (Å²) in [6.07, 6.45) is 3.00. The number of fused-ring (bicyclic) bond motifs is 2. The molecule has 0 amide bonds. The van der Waals surface area contributed by atoms with Crippen LogP contribution in [-0.2, 0) is 6.54 Å². The molecule has 0 saturated carbocycles. The van der Waals surface area contributed by atoms with Crippen LogP contribution in [0, 0.1) is 0 Å². The first-order valence-electron chi connectivity index (χ1n) is 10.4. The molecule has 0 saturated heterocycles. The predicted molar refractivity (Wildman–Crippen MR) is 122 cm³/mol. The van der Waals surface area contributed by atoms with E-state index in [0.717, 1.165) is 28.0 Å². The monoisotopic (exact) mass is 430 g/mol. The molecule has 0 N–H and O–H groups in total. The third-order valence-corrected chi connectivity index (χ3v) is 5.62. The van der Waals surface area contributed by atoms with Crippen LogP contribution in [0.4, 0.5) is 0 Å². The molecule has 4 aromatic rings. The van der Waals surface area contributed by atoms with Gasteiger partial charge in [-0.25, -0.2) is 15.0 Å². The Balaban J connectivity index is 1.48. The van der Waals surface area contributed by atoms with Crippen molar-refractivity contribution in [3.05, 3.63) is 59.9 Å². The van der Waals surface area contributed by atoms with E-state index in [2.05, 4.69) is 19.5 Å². The topological polar surface area (TPSA) is 80.5 Å². The van der Waals surface area contributed by atoms with E-state index in [1.165, 1.54) is 0 Å². The lowest BCUT2D eigenvalue weighted by Crippen LogP contribution is -2.31. The lowest BCUT2D eigenvalue weighted by Gasteiger charge is -2.33. The number of nitrogens with zero attached hydrogens (tertiary/aromatic N) is 4. The van der Waals surface area contributed by atoms with E-state index in [0.29, 0.717) is 29.7 Å². The molecule has 0 bridgehead atoms. The van der Waals surface area contributed by atoms with Crippen LogP contribution in [0.1, 0.15) is 24.2 Å². The second kappa shape index (κ2) is 8.07. The average Bonchev–Trinajstić information content (AvgIpc) is 3.13. The number of benzene rings is 1. The standard InChI is InChI=1S/C23H23BN4O4/c1-13-20(15-6-7-19(30-3)26-11-15)32-21-17(29-2)9-14(10-18(21)31-13)12-28-22-16(27-23(28)24)5-4-8-25-22/h4-11,13,20H,12,24H2,1-3H3/t13-,20+/m1/s1. The van der Waals surface area contributed by atoms with Gasteiger partial charge in [0.25, 0.3) is 0 Å². The van der Waals surface area contributed by atoms with Crippen molar-refractivity contribution < 1.29 is 18.9 Å². The van der Waals surface area contributed by atoms with Gasteiger partial charge in [0.2, 0.25) is 11.6 Å². The van der Waals surface area contributed by atoms with Gasteiger partial charge in [0, 0.05) is 24.0 Å². The fourth-order valence-electron chi connectivity index (χ4n) is 4.03. The number of pyridine rings is 2. The molecule has 1 aliphatic rings. The molecule has 162 valence electrons. The second-order valence-corrected chi connectivity index (χ2v) is 7.71. The summed E-state index contributed by atoms with van der Waals surface area (Å²) in [5.41, 5.74) is 4.53. The zero-order valence-corrected chi connectivity index (χ0v) is 18.4. The van der Waals surface area contributed by atoms with Crippen LogP contribution in [0.3, 0.4) is 0 Å². The molecule has 1 aliphatic heterocycles. The van der Waals surface area contributed by atoms with Crippen molar-refractivity contribution in [1.82, 2.24) is 19.5 Å². The van der Waals surface area contributed by atoms with Gasteiger partial charge < -0.3 is 23.5 Å². The molecule has 0 radical (unpaired) electrons. The average molecular weight is 430 g/mol. The third kappa shape index (κ3) is 3.49. The highest BCUT2D eigenvalue weighted by Gasteiger charge is 2.32. The fourth-order valence-corrected chi connectivity index (χ4v) is 4.03. The highest BCUT2D eigenvalue weighted by Crippen LogP contribution is 2.46. The number of aromatic nitrogens is 4. The van der Waals surface area contributed by atoms with Gasteiger partial charge in [-0.15, -0.1) is 0 Å². The van der Waals surface area contributed by atoms with Crippen LogP contribution in [0.5, 0.6) is 23.1 Å². The fraction of sp³-hybridized carbons (Fsp3) is 0.261. The SMILES string of the molecule is Bc1nc2cccnc2n1Cc1cc(OC)c2c(c1)O[C@H](C)[C@@H](c1ccc(OC)nc1)O2. The summed E-state index contributed by atoms with van der Waals surface area (Å²) in [4.78, 5) is 13.4. The minimum absolute atomic E-state index is 0.213. The van der Waals surface area contributed by atoms with Crippen LogP contribution in [0.25, 0.3) is 11.2 Å². The van der Waals surface area contributed by atoms with Crippen LogP contribution in [0.15, 0.2) is 48.8 Å². The Bertz CT molecular complexity index is 1280. The van der Waals surface area contributed by atoms with Gasteiger partial charge in [-0.3, -0.25) is 0 Å². The highest BCUT2D eigenvalue weighted by atomic mass is 16.6. The maximum atomic E-state index is 6.35. The number of methoxy groups -OCH3 is 2. The summed E-state index contributed by atoms with van der Waals surface area (Å²) in [6.45, 7) is 2.57. The van der Waals surface area contributed by atoms with Crippen molar-refractivity contribution in [3.8, 4) is 23.1 Å². The van der Waals surface area contributed by atoms with E-state index in [-0.39, 0.29) is 12.2 Å². The van der Waals surface area contributed by atoms with Crippen molar-refractivity contribution in [2.75, 3.05) is 14.2 Å². The summed E-state index contributed by atoms with van der Waals surface area (Å²) in [5, 5.41) is 0. The second-order valence-electron chi connectivity index (χ2n) is 7.71. The summed E-state index contributed by atoms with van der Waals surface area (Å²) in [5.74, 6) is 2.41. The first-order valence-corrected chi connectivity index (χ1v) is 10.4. The highest BCUT2D eigenvalue weighted by molar-refractivity contribution is 6.30. The first-order chi connectivity index (χ1) is 15.6. The summed E-state index contributed by atoms with van der Waals surface area (Å²) >= 11 is 0. The van der Waals surface area contributed by atoms with Crippen LogP contribution in [0.2, 0.25) is 0 Å². The maximum Gasteiger partial charge on any atom is 0.212 e. The minimum atomic E-state index is -0.315. The van der Waals surface area contributed by atoms with Crippen LogP contribution >= 0.6 is 0 Å². The maximum absolute atomic E-state index is 6.35. The molecule has 0 spiro atoms. The number of imidazole rings is 1. The molecule has 0 unspecified atom stereocenters. The van der Waals surface area contributed by atoms with Gasteiger partial charge in [-0.2, -0.15) is 0 Å². The first kappa shape index (κ1) is 20.2. The van der Waals surface area contributed by atoms with E-state index in [9.17, 15) is 0 Å². The Morgan fingerprint density at radius 2 is 1.97 bits per heavy atom. The normalized spacial score (nSPS) is 17.3. The van der Waals surface area contributed by atoms with Gasteiger partial charge in [0.05, 0.1) is 26.5 Å². The van der Waals surface area contributed by atoms with Crippen molar-refractivity contribution in [3.63, 3.8) is 0 Å². The molecule has 0 aliphatic carbocycles. The van der Waals surface area contributed by atoms with Crippen molar-refractivity contribution in [1.29, 1.82) is 0 Å². The van der Waals surface area contributed by atoms with E-state index in [4.69, 9.17) is 18.9 Å². The molecular formula is C23H23BN4O4. The molecule has 32 heavy (non-hydrogen) atoms. The number of ether oxygens (including phenoxy) is 4. The smallest absolute Gasteiger partial charge is 0.212 e. The van der Waals surface area contributed by atoms with Crippen molar-refractivity contribution in [2.24, 2.45) is 0 Å². The Morgan fingerprint density at radius 1 is 1.09 bits per heavy atom. The van der Waals surface area contributed by atoms with E-state index in [1.54, 1.807) is 26.6 Å². The zero-order chi connectivity index (χ0) is 22.2. The molecule has 2 atom stereocenters. The largest absolute Gasteiger partial charge is 0.493 e. The Hall–Kier alpha value is -3.75. The molecule has 9 heteroatoms. The quantitative estimate of drug-likeness (QED) is 0.449. The Kier molecular flexibility index (Phi) is 5.09. The summed E-state index contributed by atoms with van der Waals surface area (Å²) < 4.78 is 25.5. The minimum Gasteiger partial charge on any atom is -0.493 e. The van der Waals surface area contributed by atoms with Crippen molar-refractivity contribution >= 4 is 24.7 Å². The Morgan fingerprint density at radius 3 is 2.72 bits per heavy atom. The number of rotatable bonds is 5. The van der Waals surface area contributed by atoms with Gasteiger partial charge in [0.1, 0.15) is 11.6 Å². The van der Waals surface area contributed by atoms with Crippen LogP contribution in [-0.4, -0.2) is 47.7 Å². The van der Waals surface area contributed by atoms with E-state index >= 15 is 0 Å².